The second-order valence-electron chi connectivity index (χ2n) is 10.9. The number of para-hydroxylation sites is 4. The molecule has 1 aliphatic rings. The van der Waals surface area contributed by atoms with Crippen LogP contribution in [0.3, 0.4) is 0 Å². The van der Waals surface area contributed by atoms with E-state index in [0.717, 1.165) is 69.2 Å². The van der Waals surface area contributed by atoms with Crippen LogP contribution < -0.4 is 18.9 Å². The molecule has 0 heterocycles. The maximum atomic E-state index is 6.22. The van der Waals surface area contributed by atoms with Gasteiger partial charge in [-0.1, -0.05) is 99.0 Å². The van der Waals surface area contributed by atoms with Crippen molar-refractivity contribution in [1.82, 2.24) is 0 Å². The quantitative estimate of drug-likeness (QED) is 0.206. The first-order chi connectivity index (χ1) is 20.1. The van der Waals surface area contributed by atoms with E-state index in [1.54, 1.807) is 28.4 Å². The van der Waals surface area contributed by atoms with Crippen LogP contribution in [0, 0.1) is 0 Å². The smallest absolute Gasteiger partial charge is 0.126 e. The molecule has 0 unspecified atom stereocenters. The molecule has 41 heavy (non-hydrogen) atoms. The number of hydrogen-bond donors (Lipinski definition) is 0. The summed E-state index contributed by atoms with van der Waals surface area (Å²) >= 11 is 0. The zero-order valence-electron chi connectivity index (χ0n) is 25.1. The highest BCUT2D eigenvalue weighted by Gasteiger charge is 2.26. The molecule has 1 aliphatic carbocycles. The first-order valence-electron chi connectivity index (χ1n) is 14.7. The number of unbranched alkanes of at least 4 members (excludes halogenated alkanes) is 2. The number of rotatable bonds is 8. The summed E-state index contributed by atoms with van der Waals surface area (Å²) < 4.78 is 24.6. The van der Waals surface area contributed by atoms with Crippen LogP contribution in [0.25, 0.3) is 0 Å². The average molecular weight is 551 g/mol. The zero-order valence-corrected chi connectivity index (χ0v) is 25.1. The summed E-state index contributed by atoms with van der Waals surface area (Å²) in [6.07, 6.45) is 6.65. The number of fused-ring (bicyclic) bond motifs is 8. The lowest BCUT2D eigenvalue weighted by molar-refractivity contribution is 0.390. The van der Waals surface area contributed by atoms with Gasteiger partial charge in [0.25, 0.3) is 0 Å². The average Bonchev–Trinajstić information content (AvgIpc) is 2.99. The Labute approximate surface area is 245 Å². The minimum Gasteiger partial charge on any atom is -0.496 e. The second-order valence-corrected chi connectivity index (χ2v) is 10.9. The number of methoxy groups -OCH3 is 4. The summed E-state index contributed by atoms with van der Waals surface area (Å²) in [5, 5.41) is 0. The first kappa shape index (κ1) is 28.6. The van der Waals surface area contributed by atoms with Gasteiger partial charge >= 0.3 is 0 Å². The van der Waals surface area contributed by atoms with Crippen LogP contribution in [0.4, 0.5) is 0 Å². The van der Waals surface area contributed by atoms with E-state index in [-0.39, 0.29) is 5.92 Å². The lowest BCUT2D eigenvalue weighted by Crippen LogP contribution is -2.10. The Morgan fingerprint density at radius 3 is 1.17 bits per heavy atom. The van der Waals surface area contributed by atoms with E-state index < -0.39 is 0 Å². The normalized spacial score (nSPS) is 13.0. The second kappa shape index (κ2) is 13.2. The van der Waals surface area contributed by atoms with Crippen LogP contribution in [0.5, 0.6) is 23.0 Å². The number of ether oxygens (including phenoxy) is 4. The van der Waals surface area contributed by atoms with Crippen LogP contribution in [0.2, 0.25) is 0 Å². The third-order valence-electron chi connectivity index (χ3n) is 8.42. The summed E-state index contributed by atoms with van der Waals surface area (Å²) in [5.41, 5.74) is 9.29. The molecule has 0 aromatic heterocycles. The van der Waals surface area contributed by atoms with E-state index in [1.807, 2.05) is 0 Å². The Hall–Kier alpha value is -3.92. The highest BCUT2D eigenvalue weighted by atomic mass is 16.5. The zero-order chi connectivity index (χ0) is 28.8. The molecule has 0 N–H and O–H groups in total. The van der Waals surface area contributed by atoms with E-state index in [0.29, 0.717) is 19.3 Å². The lowest BCUT2D eigenvalue weighted by atomic mass is 9.82. The molecule has 0 amide bonds. The van der Waals surface area contributed by atoms with Crippen molar-refractivity contribution < 1.29 is 18.9 Å². The first-order valence-corrected chi connectivity index (χ1v) is 14.7. The van der Waals surface area contributed by atoms with Crippen molar-refractivity contribution in [2.45, 2.75) is 57.8 Å². The summed E-state index contributed by atoms with van der Waals surface area (Å²) in [6.45, 7) is 2.25. The van der Waals surface area contributed by atoms with Crippen molar-refractivity contribution in [1.29, 1.82) is 0 Å². The molecule has 0 fully saturated rings. The Balaban J connectivity index is 1.79. The van der Waals surface area contributed by atoms with Gasteiger partial charge in [-0.25, -0.2) is 0 Å². The molecule has 0 radical (unpaired) electrons. The monoisotopic (exact) mass is 550 g/mol. The van der Waals surface area contributed by atoms with Gasteiger partial charge in [0.2, 0.25) is 0 Å². The summed E-state index contributed by atoms with van der Waals surface area (Å²) in [6, 6.07) is 26.1. The van der Waals surface area contributed by atoms with E-state index in [4.69, 9.17) is 18.9 Å². The van der Waals surface area contributed by atoms with E-state index in [9.17, 15) is 0 Å². The standard InChI is InChI=1S/C37H42O4/c1-6-7-8-19-31-32-20-11-17-29(36(32)40-4)23-27-15-9-13-25(34(27)38-2)22-26-14-10-16-28(35(26)39-3)24-30-18-12-21-33(31)37(30)41-5/h9-18,20-21,31H,6-8,19,22-24H2,1-5H3. The van der Waals surface area contributed by atoms with Gasteiger partial charge in [0.05, 0.1) is 28.4 Å². The van der Waals surface area contributed by atoms with E-state index in [1.165, 1.54) is 24.0 Å². The van der Waals surface area contributed by atoms with Crippen LogP contribution in [-0.2, 0) is 19.3 Å². The van der Waals surface area contributed by atoms with Gasteiger partial charge in [0.15, 0.2) is 0 Å². The largest absolute Gasteiger partial charge is 0.496 e. The third kappa shape index (κ3) is 5.79. The van der Waals surface area contributed by atoms with Crippen molar-refractivity contribution in [3.8, 4) is 23.0 Å². The topological polar surface area (TPSA) is 36.9 Å². The molecular formula is C37H42O4. The highest BCUT2D eigenvalue weighted by Crippen LogP contribution is 2.44. The molecular weight excluding hydrogens is 508 g/mol. The van der Waals surface area contributed by atoms with Crippen LogP contribution in [0.1, 0.15) is 83.0 Å². The van der Waals surface area contributed by atoms with Crippen LogP contribution in [0.15, 0.2) is 72.8 Å². The minimum atomic E-state index is 0.140. The van der Waals surface area contributed by atoms with Crippen LogP contribution >= 0.6 is 0 Å². The number of hydrogen-bond acceptors (Lipinski definition) is 4. The minimum absolute atomic E-state index is 0.140. The summed E-state index contributed by atoms with van der Waals surface area (Å²) in [7, 11) is 7.13. The molecule has 8 bridgehead atoms. The van der Waals surface area contributed by atoms with Crippen molar-refractivity contribution in [3.05, 3.63) is 117 Å². The Morgan fingerprint density at radius 1 is 0.488 bits per heavy atom. The molecule has 0 saturated carbocycles. The number of benzene rings is 4. The van der Waals surface area contributed by atoms with Gasteiger partial charge < -0.3 is 18.9 Å². The van der Waals surface area contributed by atoms with E-state index in [2.05, 4.69) is 79.7 Å². The van der Waals surface area contributed by atoms with Gasteiger partial charge in [-0.15, -0.1) is 0 Å². The molecule has 4 heteroatoms. The van der Waals surface area contributed by atoms with E-state index >= 15 is 0 Å². The molecule has 0 saturated heterocycles. The fraction of sp³-hybridized carbons (Fsp3) is 0.351. The van der Waals surface area contributed by atoms with Gasteiger partial charge in [-0.2, -0.15) is 0 Å². The molecule has 4 aromatic carbocycles. The fourth-order valence-electron chi connectivity index (χ4n) is 6.58. The molecule has 4 aromatic rings. The van der Waals surface area contributed by atoms with Crippen molar-refractivity contribution in [3.63, 3.8) is 0 Å². The molecule has 4 nitrogen and oxygen atoms in total. The predicted octanol–water partition coefficient (Wildman–Crippen LogP) is 8.52. The predicted molar refractivity (Wildman–Crippen MR) is 166 cm³/mol. The molecule has 0 atom stereocenters. The molecule has 5 rings (SSSR count). The lowest BCUT2D eigenvalue weighted by Gasteiger charge is -2.26. The van der Waals surface area contributed by atoms with Gasteiger partial charge in [-0.05, 0) is 39.8 Å². The van der Waals surface area contributed by atoms with Crippen LogP contribution in [-0.4, -0.2) is 28.4 Å². The van der Waals surface area contributed by atoms with Crippen molar-refractivity contribution in [2.24, 2.45) is 0 Å². The summed E-state index contributed by atoms with van der Waals surface area (Å²) in [4.78, 5) is 0. The molecule has 214 valence electrons. The maximum Gasteiger partial charge on any atom is 0.126 e. The third-order valence-corrected chi connectivity index (χ3v) is 8.42. The fourth-order valence-corrected chi connectivity index (χ4v) is 6.58. The van der Waals surface area contributed by atoms with Gasteiger partial charge in [0, 0.05) is 36.3 Å². The van der Waals surface area contributed by atoms with Crippen molar-refractivity contribution >= 4 is 0 Å². The SMILES string of the molecule is CCCCCC1c2cccc(c2OC)Cc2cccc(c2OC)Cc2cccc(c2OC)Cc2cccc1c2OC. The molecule has 0 aliphatic heterocycles. The summed E-state index contributed by atoms with van der Waals surface area (Å²) in [5.74, 6) is 3.89. The maximum absolute atomic E-state index is 6.22. The molecule has 0 spiro atoms. The van der Waals surface area contributed by atoms with Crippen molar-refractivity contribution in [2.75, 3.05) is 28.4 Å². The highest BCUT2D eigenvalue weighted by molar-refractivity contribution is 5.57. The van der Waals surface area contributed by atoms with Gasteiger partial charge in [0.1, 0.15) is 23.0 Å². The Kier molecular flexibility index (Phi) is 9.18. The Morgan fingerprint density at radius 2 is 0.829 bits per heavy atom. The van der Waals surface area contributed by atoms with Gasteiger partial charge in [-0.3, -0.25) is 0 Å². The Bertz CT molecular complexity index is 1380.